The molecule has 3 aromatic rings. The van der Waals surface area contributed by atoms with Crippen molar-refractivity contribution in [3.63, 3.8) is 0 Å². The summed E-state index contributed by atoms with van der Waals surface area (Å²) >= 11 is 0. The van der Waals surface area contributed by atoms with Crippen LogP contribution >= 0.6 is 0 Å². The molecular formula is C28H27N3O5. The number of hydrogen-bond donors (Lipinski definition) is 2. The van der Waals surface area contributed by atoms with Gasteiger partial charge >= 0.3 is 0 Å². The molecule has 3 aromatic carbocycles. The Balaban J connectivity index is 1.45. The monoisotopic (exact) mass is 485 g/mol. The van der Waals surface area contributed by atoms with Crippen LogP contribution in [0.5, 0.6) is 11.5 Å². The van der Waals surface area contributed by atoms with Crippen molar-refractivity contribution in [3.8, 4) is 11.5 Å². The quantitative estimate of drug-likeness (QED) is 0.450. The average Bonchev–Trinajstić information content (AvgIpc) is 3.34. The molecule has 0 spiro atoms. The molecule has 1 aliphatic heterocycles. The van der Waals surface area contributed by atoms with Gasteiger partial charge in [-0.2, -0.15) is 0 Å². The highest BCUT2D eigenvalue weighted by molar-refractivity contribution is 6.06. The van der Waals surface area contributed by atoms with Crippen molar-refractivity contribution in [2.45, 2.75) is 12.8 Å². The van der Waals surface area contributed by atoms with E-state index in [0.29, 0.717) is 34.9 Å². The zero-order chi connectivity index (χ0) is 25.5. The zero-order valence-corrected chi connectivity index (χ0v) is 20.1. The molecule has 1 fully saturated rings. The highest BCUT2D eigenvalue weighted by Gasteiger charge is 2.21. The lowest BCUT2D eigenvalue weighted by molar-refractivity contribution is -0.117. The molecule has 0 bridgehead atoms. The van der Waals surface area contributed by atoms with Gasteiger partial charge in [0.2, 0.25) is 11.8 Å². The number of nitrogens with zero attached hydrogens (tertiary/aromatic N) is 1. The fourth-order valence-corrected chi connectivity index (χ4v) is 3.91. The summed E-state index contributed by atoms with van der Waals surface area (Å²) in [5.74, 6) is 0.200. The number of ether oxygens (including phenoxy) is 2. The second kappa shape index (κ2) is 11.2. The molecule has 8 heteroatoms. The molecule has 8 nitrogen and oxygen atoms in total. The Morgan fingerprint density at radius 1 is 0.889 bits per heavy atom. The van der Waals surface area contributed by atoms with Crippen LogP contribution in [-0.2, 0) is 9.59 Å². The fraction of sp³-hybridized carbons (Fsp3) is 0.179. The molecular weight excluding hydrogens is 458 g/mol. The molecule has 0 saturated carbocycles. The van der Waals surface area contributed by atoms with Crippen molar-refractivity contribution < 1.29 is 23.9 Å². The zero-order valence-electron chi connectivity index (χ0n) is 20.1. The van der Waals surface area contributed by atoms with Crippen LogP contribution < -0.4 is 25.0 Å². The Morgan fingerprint density at radius 2 is 1.53 bits per heavy atom. The Labute approximate surface area is 209 Å². The molecule has 1 heterocycles. The number of methoxy groups -OCH3 is 2. The SMILES string of the molecule is COc1cc(NC(=O)c2ccccc2)c(OC)cc1NC(=O)/C=C/c1ccc(N2CCCC2=O)cc1. The highest BCUT2D eigenvalue weighted by Crippen LogP contribution is 2.36. The molecule has 1 aliphatic rings. The molecule has 0 unspecified atom stereocenters. The number of amides is 3. The summed E-state index contributed by atoms with van der Waals surface area (Å²) in [5.41, 5.74) is 2.98. The predicted octanol–water partition coefficient (Wildman–Crippen LogP) is 4.73. The molecule has 0 atom stereocenters. The lowest BCUT2D eigenvalue weighted by atomic mass is 10.1. The summed E-state index contributed by atoms with van der Waals surface area (Å²) in [7, 11) is 2.95. The molecule has 0 radical (unpaired) electrons. The van der Waals surface area contributed by atoms with Crippen molar-refractivity contribution in [2.75, 3.05) is 36.3 Å². The van der Waals surface area contributed by atoms with Gasteiger partial charge in [0.25, 0.3) is 5.91 Å². The van der Waals surface area contributed by atoms with Crippen molar-refractivity contribution in [1.82, 2.24) is 0 Å². The van der Waals surface area contributed by atoms with E-state index in [2.05, 4.69) is 10.6 Å². The lowest BCUT2D eigenvalue weighted by Gasteiger charge is -2.16. The Kier molecular flexibility index (Phi) is 7.65. The van der Waals surface area contributed by atoms with Gasteiger partial charge in [-0.15, -0.1) is 0 Å². The third-order valence-electron chi connectivity index (χ3n) is 5.77. The predicted molar refractivity (Wildman–Crippen MR) is 140 cm³/mol. The smallest absolute Gasteiger partial charge is 0.255 e. The van der Waals surface area contributed by atoms with Crippen molar-refractivity contribution in [1.29, 1.82) is 0 Å². The second-order valence-electron chi connectivity index (χ2n) is 8.14. The summed E-state index contributed by atoms with van der Waals surface area (Å²) < 4.78 is 10.9. The molecule has 0 aliphatic carbocycles. The average molecular weight is 486 g/mol. The van der Waals surface area contributed by atoms with E-state index in [-0.39, 0.29) is 17.7 Å². The number of benzene rings is 3. The van der Waals surface area contributed by atoms with E-state index in [4.69, 9.17) is 9.47 Å². The summed E-state index contributed by atoms with van der Waals surface area (Å²) in [6.45, 7) is 0.733. The van der Waals surface area contributed by atoms with Gasteiger partial charge < -0.3 is 25.0 Å². The standard InChI is InChI=1S/C28H27N3O5/c1-35-24-18-23(30-28(34)20-7-4-3-5-8-20)25(36-2)17-22(24)29-26(32)15-12-19-10-13-21(14-11-19)31-16-6-9-27(31)33/h3-5,7-8,10-15,17-18H,6,9,16H2,1-2H3,(H,29,32)(H,30,34)/b15-12+. The number of hydrogen-bond acceptors (Lipinski definition) is 5. The first kappa shape index (κ1) is 24.5. The van der Waals surface area contributed by atoms with E-state index < -0.39 is 0 Å². The minimum atomic E-state index is -0.366. The van der Waals surface area contributed by atoms with Crippen molar-refractivity contribution in [3.05, 3.63) is 83.9 Å². The Morgan fingerprint density at radius 3 is 2.11 bits per heavy atom. The van der Waals surface area contributed by atoms with E-state index in [1.54, 1.807) is 47.4 Å². The molecule has 2 N–H and O–H groups in total. The number of carbonyl (C=O) groups excluding carboxylic acids is 3. The fourth-order valence-electron chi connectivity index (χ4n) is 3.91. The number of rotatable bonds is 8. The van der Waals surface area contributed by atoms with Crippen LogP contribution in [0.15, 0.2) is 72.8 Å². The first-order valence-corrected chi connectivity index (χ1v) is 11.5. The van der Waals surface area contributed by atoms with Gasteiger partial charge in [0.15, 0.2) is 0 Å². The Bertz CT molecular complexity index is 1290. The normalized spacial score (nSPS) is 13.1. The maximum atomic E-state index is 12.6. The summed E-state index contributed by atoms with van der Waals surface area (Å²) in [5, 5.41) is 5.60. The number of anilines is 3. The van der Waals surface area contributed by atoms with E-state index in [1.165, 1.54) is 20.3 Å². The number of nitrogens with one attached hydrogen (secondary N) is 2. The van der Waals surface area contributed by atoms with E-state index in [9.17, 15) is 14.4 Å². The van der Waals surface area contributed by atoms with Gasteiger partial charge in [0, 0.05) is 42.4 Å². The largest absolute Gasteiger partial charge is 0.494 e. The van der Waals surface area contributed by atoms with Crippen molar-refractivity contribution in [2.24, 2.45) is 0 Å². The summed E-state index contributed by atoms with van der Waals surface area (Å²) in [6.07, 6.45) is 4.54. The lowest BCUT2D eigenvalue weighted by Crippen LogP contribution is -2.23. The van der Waals surface area contributed by atoms with Gasteiger partial charge in [-0.3, -0.25) is 14.4 Å². The van der Waals surface area contributed by atoms with E-state index in [0.717, 1.165) is 24.2 Å². The third kappa shape index (κ3) is 5.72. The van der Waals surface area contributed by atoms with Gasteiger partial charge in [-0.1, -0.05) is 30.3 Å². The van der Waals surface area contributed by atoms with Gasteiger partial charge in [0.1, 0.15) is 11.5 Å². The molecule has 3 amide bonds. The minimum Gasteiger partial charge on any atom is -0.494 e. The van der Waals surface area contributed by atoms with Crippen LogP contribution in [0.25, 0.3) is 6.08 Å². The molecule has 4 rings (SSSR count). The molecule has 184 valence electrons. The maximum Gasteiger partial charge on any atom is 0.255 e. The van der Waals surface area contributed by atoms with Gasteiger partial charge in [-0.25, -0.2) is 0 Å². The maximum absolute atomic E-state index is 12.6. The van der Waals surface area contributed by atoms with Gasteiger partial charge in [-0.05, 0) is 42.3 Å². The first-order chi connectivity index (χ1) is 17.5. The summed E-state index contributed by atoms with van der Waals surface area (Å²) in [4.78, 5) is 38.8. The summed E-state index contributed by atoms with van der Waals surface area (Å²) in [6, 6.07) is 19.5. The topological polar surface area (TPSA) is 97.0 Å². The van der Waals surface area contributed by atoms with Crippen LogP contribution in [0.1, 0.15) is 28.8 Å². The van der Waals surface area contributed by atoms with Crippen molar-refractivity contribution >= 4 is 40.9 Å². The second-order valence-corrected chi connectivity index (χ2v) is 8.14. The van der Waals surface area contributed by atoms with E-state index >= 15 is 0 Å². The first-order valence-electron chi connectivity index (χ1n) is 11.5. The van der Waals surface area contributed by atoms with Crippen LogP contribution in [0.3, 0.4) is 0 Å². The van der Waals surface area contributed by atoms with Crippen LogP contribution in [-0.4, -0.2) is 38.5 Å². The van der Waals surface area contributed by atoms with Crippen LogP contribution in [0.4, 0.5) is 17.1 Å². The van der Waals surface area contributed by atoms with E-state index in [1.807, 2.05) is 30.3 Å². The highest BCUT2D eigenvalue weighted by atomic mass is 16.5. The van der Waals surface area contributed by atoms with Crippen LogP contribution in [0.2, 0.25) is 0 Å². The Hall–Kier alpha value is -4.59. The molecule has 0 aromatic heterocycles. The van der Waals surface area contributed by atoms with Gasteiger partial charge in [0.05, 0.1) is 25.6 Å². The van der Waals surface area contributed by atoms with Crippen LogP contribution in [0, 0.1) is 0 Å². The molecule has 1 saturated heterocycles. The minimum absolute atomic E-state index is 0.132. The number of carbonyl (C=O) groups is 3. The molecule has 36 heavy (non-hydrogen) atoms. The third-order valence-corrected chi connectivity index (χ3v) is 5.77.